The van der Waals surface area contributed by atoms with Crippen molar-refractivity contribution in [3.05, 3.63) is 29.6 Å². The zero-order valence-corrected chi connectivity index (χ0v) is 12.7. The first kappa shape index (κ1) is 15.3. The second kappa shape index (κ2) is 6.57. The van der Waals surface area contributed by atoms with Crippen LogP contribution in [0.2, 0.25) is 0 Å². The highest BCUT2D eigenvalue weighted by molar-refractivity contribution is 5.33. The molecule has 0 heterocycles. The monoisotopic (exact) mass is 279 g/mol. The highest BCUT2D eigenvalue weighted by atomic mass is 19.1. The van der Waals surface area contributed by atoms with Gasteiger partial charge in [0, 0.05) is 18.2 Å². The van der Waals surface area contributed by atoms with Gasteiger partial charge in [0.05, 0.1) is 0 Å². The van der Waals surface area contributed by atoms with Crippen LogP contribution in [0, 0.1) is 23.6 Å². The maximum atomic E-state index is 13.3. The van der Waals surface area contributed by atoms with Gasteiger partial charge in [-0.25, -0.2) is 4.39 Å². The SMILES string of the molecule is CC1CCC(C(C)C)C(NCc2cccc(F)c2O)C1. The van der Waals surface area contributed by atoms with E-state index in [9.17, 15) is 9.50 Å². The van der Waals surface area contributed by atoms with Gasteiger partial charge in [-0.05, 0) is 36.7 Å². The maximum absolute atomic E-state index is 13.3. The molecule has 1 saturated carbocycles. The average Bonchev–Trinajstić information content (AvgIpc) is 2.40. The van der Waals surface area contributed by atoms with E-state index in [1.54, 1.807) is 12.1 Å². The highest BCUT2D eigenvalue weighted by Gasteiger charge is 2.30. The topological polar surface area (TPSA) is 32.3 Å². The van der Waals surface area contributed by atoms with Crippen molar-refractivity contribution in [3.8, 4) is 5.75 Å². The van der Waals surface area contributed by atoms with E-state index in [0.717, 1.165) is 5.92 Å². The third kappa shape index (κ3) is 3.51. The Bertz CT molecular complexity index is 447. The van der Waals surface area contributed by atoms with Gasteiger partial charge in [0.1, 0.15) is 0 Å². The van der Waals surface area contributed by atoms with Crippen molar-refractivity contribution in [2.75, 3.05) is 0 Å². The minimum atomic E-state index is -0.540. The minimum Gasteiger partial charge on any atom is -0.505 e. The fourth-order valence-corrected chi connectivity index (χ4v) is 3.38. The standard InChI is InChI=1S/C17H26FNO/c1-11(2)14-8-7-12(3)9-16(14)19-10-13-5-4-6-15(18)17(13)20/h4-6,11-12,14,16,19-20H,7-10H2,1-3H3. The van der Waals surface area contributed by atoms with E-state index in [1.807, 2.05) is 0 Å². The molecular formula is C17H26FNO. The van der Waals surface area contributed by atoms with E-state index in [0.29, 0.717) is 30.0 Å². The lowest BCUT2D eigenvalue weighted by atomic mass is 9.74. The molecule has 0 spiro atoms. The summed E-state index contributed by atoms with van der Waals surface area (Å²) in [6, 6.07) is 5.18. The van der Waals surface area contributed by atoms with Crippen molar-refractivity contribution in [1.82, 2.24) is 5.32 Å². The van der Waals surface area contributed by atoms with E-state index in [4.69, 9.17) is 0 Å². The van der Waals surface area contributed by atoms with Crippen LogP contribution in [0.4, 0.5) is 4.39 Å². The summed E-state index contributed by atoms with van der Waals surface area (Å²) >= 11 is 0. The summed E-state index contributed by atoms with van der Waals surface area (Å²) in [4.78, 5) is 0. The predicted octanol–water partition coefficient (Wildman–Crippen LogP) is 4.08. The van der Waals surface area contributed by atoms with Gasteiger partial charge in [0.2, 0.25) is 0 Å². The quantitative estimate of drug-likeness (QED) is 0.870. The number of phenolic OH excluding ortho intramolecular Hbond substituents is 1. The molecule has 2 N–H and O–H groups in total. The maximum Gasteiger partial charge on any atom is 0.165 e. The molecule has 0 radical (unpaired) electrons. The Morgan fingerprint density at radius 2 is 2.10 bits per heavy atom. The number of hydrogen-bond donors (Lipinski definition) is 2. The Morgan fingerprint density at radius 1 is 1.35 bits per heavy atom. The Hall–Kier alpha value is -1.09. The van der Waals surface area contributed by atoms with E-state index >= 15 is 0 Å². The van der Waals surface area contributed by atoms with Crippen molar-refractivity contribution in [3.63, 3.8) is 0 Å². The van der Waals surface area contributed by atoms with Gasteiger partial charge in [-0.15, -0.1) is 0 Å². The largest absolute Gasteiger partial charge is 0.505 e. The van der Waals surface area contributed by atoms with Crippen LogP contribution in [0.15, 0.2) is 18.2 Å². The van der Waals surface area contributed by atoms with E-state index in [-0.39, 0.29) is 5.75 Å². The second-order valence-electron chi connectivity index (χ2n) is 6.56. The Kier molecular flexibility index (Phi) is 5.03. The molecule has 0 aliphatic heterocycles. The van der Waals surface area contributed by atoms with Gasteiger partial charge >= 0.3 is 0 Å². The van der Waals surface area contributed by atoms with Crippen LogP contribution >= 0.6 is 0 Å². The summed E-state index contributed by atoms with van der Waals surface area (Å²) in [5.74, 6) is 1.30. The second-order valence-corrected chi connectivity index (χ2v) is 6.56. The third-order valence-electron chi connectivity index (χ3n) is 4.65. The molecule has 3 atom stereocenters. The number of nitrogens with one attached hydrogen (secondary N) is 1. The summed E-state index contributed by atoms with van der Waals surface area (Å²) < 4.78 is 13.3. The van der Waals surface area contributed by atoms with Gasteiger partial charge in [-0.1, -0.05) is 39.3 Å². The first-order valence-electron chi connectivity index (χ1n) is 7.68. The molecule has 112 valence electrons. The molecule has 2 rings (SSSR count). The van der Waals surface area contributed by atoms with Crippen LogP contribution in [0.5, 0.6) is 5.75 Å². The van der Waals surface area contributed by atoms with Crippen molar-refractivity contribution in [2.45, 2.75) is 52.6 Å². The zero-order chi connectivity index (χ0) is 14.7. The summed E-state index contributed by atoms with van der Waals surface area (Å²) in [6.45, 7) is 7.37. The summed E-state index contributed by atoms with van der Waals surface area (Å²) in [7, 11) is 0. The molecule has 1 aromatic rings. The Balaban J connectivity index is 2.02. The minimum absolute atomic E-state index is 0.218. The van der Waals surface area contributed by atoms with Crippen molar-refractivity contribution in [1.29, 1.82) is 0 Å². The normalized spacial score (nSPS) is 26.9. The van der Waals surface area contributed by atoms with Crippen LogP contribution in [0.25, 0.3) is 0 Å². The molecular weight excluding hydrogens is 253 g/mol. The molecule has 0 amide bonds. The number of phenols is 1. The van der Waals surface area contributed by atoms with Crippen LogP contribution in [0.3, 0.4) is 0 Å². The number of hydrogen-bond acceptors (Lipinski definition) is 2. The van der Waals surface area contributed by atoms with Crippen LogP contribution < -0.4 is 5.32 Å². The zero-order valence-electron chi connectivity index (χ0n) is 12.7. The van der Waals surface area contributed by atoms with E-state index in [2.05, 4.69) is 26.1 Å². The molecule has 20 heavy (non-hydrogen) atoms. The fraction of sp³-hybridized carbons (Fsp3) is 0.647. The summed E-state index contributed by atoms with van der Waals surface area (Å²) in [5.41, 5.74) is 0.644. The number of halogens is 1. The first-order valence-corrected chi connectivity index (χ1v) is 7.68. The first-order chi connectivity index (χ1) is 9.49. The molecule has 3 heteroatoms. The van der Waals surface area contributed by atoms with Crippen molar-refractivity contribution in [2.24, 2.45) is 17.8 Å². The smallest absolute Gasteiger partial charge is 0.165 e. The molecule has 1 aliphatic rings. The Labute approximate surface area is 121 Å². The van der Waals surface area contributed by atoms with Gasteiger partial charge in [-0.3, -0.25) is 0 Å². The lowest BCUT2D eigenvalue weighted by Gasteiger charge is -2.38. The van der Waals surface area contributed by atoms with Crippen LogP contribution in [0.1, 0.15) is 45.6 Å². The third-order valence-corrected chi connectivity index (χ3v) is 4.65. The van der Waals surface area contributed by atoms with Gasteiger partial charge in [0.15, 0.2) is 11.6 Å². The number of para-hydroxylation sites is 1. The molecule has 0 aromatic heterocycles. The fourth-order valence-electron chi connectivity index (χ4n) is 3.38. The van der Waals surface area contributed by atoms with Crippen LogP contribution in [-0.4, -0.2) is 11.1 Å². The van der Waals surface area contributed by atoms with Gasteiger partial charge < -0.3 is 10.4 Å². The summed E-state index contributed by atoms with van der Waals surface area (Å²) in [5, 5.41) is 13.3. The number of aromatic hydroxyl groups is 1. The van der Waals surface area contributed by atoms with E-state index < -0.39 is 5.82 Å². The molecule has 0 bridgehead atoms. The molecule has 0 saturated heterocycles. The van der Waals surface area contributed by atoms with Gasteiger partial charge in [0.25, 0.3) is 0 Å². The molecule has 1 aromatic carbocycles. The van der Waals surface area contributed by atoms with E-state index in [1.165, 1.54) is 25.3 Å². The number of benzene rings is 1. The molecule has 3 unspecified atom stereocenters. The molecule has 1 aliphatic carbocycles. The predicted molar refractivity (Wildman–Crippen MR) is 80.0 cm³/mol. The van der Waals surface area contributed by atoms with Crippen LogP contribution in [-0.2, 0) is 6.54 Å². The Morgan fingerprint density at radius 3 is 2.80 bits per heavy atom. The van der Waals surface area contributed by atoms with Crippen molar-refractivity contribution >= 4 is 0 Å². The lowest BCUT2D eigenvalue weighted by Crippen LogP contribution is -2.42. The average molecular weight is 279 g/mol. The van der Waals surface area contributed by atoms with Gasteiger partial charge in [-0.2, -0.15) is 0 Å². The molecule has 2 nitrogen and oxygen atoms in total. The summed E-state index contributed by atoms with van der Waals surface area (Å²) in [6.07, 6.45) is 3.72. The molecule has 1 fully saturated rings. The highest BCUT2D eigenvalue weighted by Crippen LogP contribution is 2.34. The lowest BCUT2D eigenvalue weighted by molar-refractivity contribution is 0.169. The number of rotatable bonds is 4. The van der Waals surface area contributed by atoms with Crippen molar-refractivity contribution < 1.29 is 9.50 Å².